The lowest BCUT2D eigenvalue weighted by Gasteiger charge is -2.16. The van der Waals surface area contributed by atoms with E-state index in [-0.39, 0.29) is 17.3 Å². The van der Waals surface area contributed by atoms with Gasteiger partial charge in [-0.25, -0.2) is 4.79 Å². The highest BCUT2D eigenvalue weighted by Crippen LogP contribution is 2.42. The summed E-state index contributed by atoms with van der Waals surface area (Å²) in [4.78, 5) is 16.2. The average molecular weight is 479 g/mol. The number of unbranched alkanes of at least 4 members (excludes halogenated alkanes) is 1. The molecule has 0 saturated heterocycles. The van der Waals surface area contributed by atoms with Gasteiger partial charge < -0.3 is 15.6 Å². The molecule has 6 heteroatoms. The number of allylic oxidation sites excluding steroid dienone is 2. The minimum Gasteiger partial charge on any atom is -0.494 e. The van der Waals surface area contributed by atoms with Gasteiger partial charge in [-0.3, -0.25) is 4.99 Å². The van der Waals surface area contributed by atoms with Gasteiger partial charge in [-0.05, 0) is 56.0 Å². The number of aliphatic imine (C=N–C) groups is 1. The van der Waals surface area contributed by atoms with Crippen LogP contribution >= 0.6 is 11.8 Å². The molecule has 2 unspecified atom stereocenters. The fourth-order valence-corrected chi connectivity index (χ4v) is 5.05. The molecular formula is C28H34N2O3S. The summed E-state index contributed by atoms with van der Waals surface area (Å²) >= 11 is 1.70. The highest BCUT2D eigenvalue weighted by Gasteiger charge is 2.32. The molecule has 0 aliphatic carbocycles. The van der Waals surface area contributed by atoms with E-state index in [4.69, 9.17) is 15.5 Å². The Hall–Kier alpha value is -2.83. The lowest BCUT2D eigenvalue weighted by molar-refractivity contribution is -0.132. The van der Waals surface area contributed by atoms with Gasteiger partial charge in [-0.1, -0.05) is 79.2 Å². The molecular weight excluding hydrogens is 444 g/mol. The van der Waals surface area contributed by atoms with E-state index < -0.39 is 5.97 Å². The van der Waals surface area contributed by atoms with Crippen LogP contribution in [0.3, 0.4) is 0 Å². The average Bonchev–Trinajstić information content (AvgIpc) is 3.24. The van der Waals surface area contributed by atoms with Gasteiger partial charge in [-0.2, -0.15) is 0 Å². The zero-order chi connectivity index (χ0) is 24.5. The molecule has 180 valence electrons. The number of benzene rings is 2. The molecule has 1 aliphatic heterocycles. The Balaban J connectivity index is 1.75. The topological polar surface area (TPSA) is 84.9 Å². The fourth-order valence-electron chi connectivity index (χ4n) is 3.78. The number of aliphatic carboxylic acids is 1. The van der Waals surface area contributed by atoms with Gasteiger partial charge in [0.15, 0.2) is 0 Å². The van der Waals surface area contributed by atoms with E-state index in [2.05, 4.69) is 31.2 Å². The lowest BCUT2D eigenvalue weighted by Crippen LogP contribution is -2.30. The predicted octanol–water partition coefficient (Wildman–Crippen LogP) is 5.97. The first-order valence-corrected chi connectivity index (χ1v) is 12.6. The minimum absolute atomic E-state index is 0.102. The van der Waals surface area contributed by atoms with E-state index >= 15 is 0 Å². The number of thioether (sulfide) groups is 1. The highest BCUT2D eigenvalue weighted by molar-refractivity contribution is 8.14. The molecule has 1 heterocycles. The fraction of sp³-hybridized carbons (Fsp3) is 0.357. The van der Waals surface area contributed by atoms with E-state index in [9.17, 15) is 9.90 Å². The van der Waals surface area contributed by atoms with Crippen LogP contribution in [0.1, 0.15) is 50.0 Å². The quantitative estimate of drug-likeness (QED) is 0.236. The highest BCUT2D eigenvalue weighted by atomic mass is 32.2. The van der Waals surface area contributed by atoms with Gasteiger partial charge in [0, 0.05) is 5.57 Å². The third kappa shape index (κ3) is 7.34. The van der Waals surface area contributed by atoms with Crippen LogP contribution in [-0.2, 0) is 11.2 Å². The van der Waals surface area contributed by atoms with Crippen LogP contribution in [0.5, 0.6) is 5.75 Å². The van der Waals surface area contributed by atoms with Crippen molar-refractivity contribution in [2.75, 3.05) is 6.61 Å². The predicted molar refractivity (Wildman–Crippen MR) is 142 cm³/mol. The molecule has 0 spiro atoms. The van der Waals surface area contributed by atoms with Crippen molar-refractivity contribution >= 4 is 22.8 Å². The van der Waals surface area contributed by atoms with Gasteiger partial charge in [-0.15, -0.1) is 0 Å². The second-order valence-corrected chi connectivity index (χ2v) is 9.77. The Kier molecular flexibility index (Phi) is 9.54. The summed E-state index contributed by atoms with van der Waals surface area (Å²) in [6, 6.07) is 18.1. The van der Waals surface area contributed by atoms with Crippen molar-refractivity contribution in [3.05, 3.63) is 89.0 Å². The molecule has 2 aromatic carbocycles. The molecule has 1 aliphatic rings. The molecule has 34 heavy (non-hydrogen) atoms. The standard InChI is InChI=1S/C28H34N2O3S/c1-4-5-15-33-23-13-11-21(12-14-23)18-24(29)27-30-25(17-19(2)16-20(3)28(31)32)26(34-27)22-9-7-6-8-10-22/h6-14,16-17,24-26H,4-5,15,18,29H2,1-3H3,(H,31,32)/b19-17+,20-16-/t24-,25?,26?/m0/s1. The van der Waals surface area contributed by atoms with Gasteiger partial charge in [0.25, 0.3) is 0 Å². The maximum atomic E-state index is 11.2. The normalized spacial score (nSPS) is 19.6. The van der Waals surface area contributed by atoms with Crippen molar-refractivity contribution in [2.45, 2.75) is 57.4 Å². The van der Waals surface area contributed by atoms with Crippen LogP contribution in [0, 0.1) is 0 Å². The maximum absolute atomic E-state index is 11.2. The van der Waals surface area contributed by atoms with Crippen LogP contribution in [0.15, 0.2) is 82.9 Å². The molecule has 0 fully saturated rings. The van der Waals surface area contributed by atoms with Crippen LogP contribution < -0.4 is 10.5 Å². The Bertz CT molecular complexity index is 1050. The summed E-state index contributed by atoms with van der Waals surface area (Å²) in [5.74, 6) is -0.0333. The van der Waals surface area contributed by atoms with E-state index in [1.807, 2.05) is 43.3 Å². The van der Waals surface area contributed by atoms with Crippen molar-refractivity contribution in [1.82, 2.24) is 0 Å². The first-order chi connectivity index (χ1) is 16.4. The van der Waals surface area contributed by atoms with Gasteiger partial charge in [0.1, 0.15) is 5.75 Å². The first-order valence-electron chi connectivity index (χ1n) is 11.7. The molecule has 0 bridgehead atoms. The van der Waals surface area contributed by atoms with Gasteiger partial charge in [0.05, 0.1) is 29.0 Å². The van der Waals surface area contributed by atoms with E-state index in [0.29, 0.717) is 12.0 Å². The zero-order valence-corrected chi connectivity index (χ0v) is 20.9. The Morgan fingerprint density at radius 1 is 1.18 bits per heavy atom. The summed E-state index contributed by atoms with van der Waals surface area (Å²) in [6.07, 6.45) is 6.58. The summed E-state index contributed by atoms with van der Waals surface area (Å²) in [7, 11) is 0. The zero-order valence-electron chi connectivity index (χ0n) is 20.1. The Labute approximate surface area is 206 Å². The molecule has 3 atom stereocenters. The number of carbonyl (C=O) groups is 1. The van der Waals surface area contributed by atoms with Crippen LogP contribution in [0.25, 0.3) is 0 Å². The molecule has 0 aromatic heterocycles. The Morgan fingerprint density at radius 3 is 2.53 bits per heavy atom. The summed E-state index contributed by atoms with van der Waals surface area (Å²) < 4.78 is 5.76. The number of hydrogen-bond acceptors (Lipinski definition) is 5. The summed E-state index contributed by atoms with van der Waals surface area (Å²) in [5, 5.41) is 10.2. The van der Waals surface area contributed by atoms with Gasteiger partial charge in [0.2, 0.25) is 0 Å². The van der Waals surface area contributed by atoms with E-state index in [1.54, 1.807) is 24.8 Å². The molecule has 3 N–H and O–H groups in total. The van der Waals surface area contributed by atoms with Gasteiger partial charge >= 0.3 is 5.97 Å². The van der Waals surface area contributed by atoms with Crippen molar-refractivity contribution in [3.8, 4) is 5.75 Å². The molecule has 0 radical (unpaired) electrons. The third-order valence-electron chi connectivity index (χ3n) is 5.64. The van der Waals surface area contributed by atoms with Crippen LogP contribution in [-0.4, -0.2) is 34.8 Å². The van der Waals surface area contributed by atoms with Crippen LogP contribution in [0.4, 0.5) is 0 Å². The smallest absolute Gasteiger partial charge is 0.331 e. The summed E-state index contributed by atoms with van der Waals surface area (Å²) in [6.45, 7) is 6.40. The second-order valence-electron chi connectivity index (χ2n) is 8.61. The van der Waals surface area contributed by atoms with Crippen molar-refractivity contribution in [3.63, 3.8) is 0 Å². The second kappa shape index (κ2) is 12.6. The van der Waals surface area contributed by atoms with Crippen LogP contribution in [0.2, 0.25) is 0 Å². The number of carboxylic acid groups (broad SMARTS) is 1. The van der Waals surface area contributed by atoms with E-state index in [1.165, 1.54) is 5.56 Å². The number of ether oxygens (including phenoxy) is 1. The first kappa shape index (κ1) is 25.8. The summed E-state index contributed by atoms with van der Waals surface area (Å²) in [5.41, 5.74) is 10.1. The molecule has 2 aromatic rings. The molecule has 0 saturated carbocycles. The third-order valence-corrected chi connectivity index (χ3v) is 7.09. The van der Waals surface area contributed by atoms with Crippen molar-refractivity contribution < 1.29 is 14.6 Å². The molecule has 3 rings (SSSR count). The number of nitrogens with zero attached hydrogens (tertiary/aromatic N) is 1. The number of rotatable bonds is 11. The van der Waals surface area contributed by atoms with Crippen molar-refractivity contribution in [1.29, 1.82) is 0 Å². The Morgan fingerprint density at radius 2 is 1.88 bits per heavy atom. The minimum atomic E-state index is -0.916. The van der Waals surface area contributed by atoms with Crippen molar-refractivity contribution in [2.24, 2.45) is 10.7 Å². The SMILES string of the molecule is CCCCOc1ccc(C[C@H](N)C2=NC(/C=C(C)/C=C(/C)C(=O)O)C(c3ccccc3)S2)cc1. The number of hydrogen-bond donors (Lipinski definition) is 2. The van der Waals surface area contributed by atoms with E-state index in [0.717, 1.165) is 41.4 Å². The number of carboxylic acids is 1. The molecule has 5 nitrogen and oxygen atoms in total. The number of nitrogens with two attached hydrogens (primary N) is 1. The monoisotopic (exact) mass is 478 g/mol. The lowest BCUT2D eigenvalue weighted by atomic mass is 10.0. The maximum Gasteiger partial charge on any atom is 0.331 e. The largest absolute Gasteiger partial charge is 0.494 e. The molecule has 0 amide bonds.